The third-order valence-corrected chi connectivity index (χ3v) is 7.01. The summed E-state index contributed by atoms with van der Waals surface area (Å²) in [6.45, 7) is 12.5. The fraction of sp³-hybridized carbons (Fsp3) is 1.00. The van der Waals surface area contributed by atoms with Crippen molar-refractivity contribution >= 4 is 0 Å². The third kappa shape index (κ3) is 6.63. The number of rotatable bonds is 4. The molecule has 0 amide bonds. The highest BCUT2D eigenvalue weighted by atomic mass is 14.4. The fourth-order valence-corrected chi connectivity index (χ4v) is 4.69. The van der Waals surface area contributed by atoms with Gasteiger partial charge in [0.1, 0.15) is 0 Å². The van der Waals surface area contributed by atoms with Gasteiger partial charge in [-0.1, -0.05) is 105 Å². The van der Waals surface area contributed by atoms with Gasteiger partial charge in [0, 0.05) is 0 Å². The smallest absolute Gasteiger partial charge is 0.0298 e. The standard InChI is InChI=1S/C22H44/c1-6-8-17-22(5)18-13-12-16-21(7-2)15-11-9-10-14-19(3)20(22)4/h19-21H,6-18H2,1-5H3. The van der Waals surface area contributed by atoms with Gasteiger partial charge in [-0.25, -0.2) is 0 Å². The van der Waals surface area contributed by atoms with E-state index in [1.54, 1.807) is 0 Å². The van der Waals surface area contributed by atoms with Crippen molar-refractivity contribution in [2.75, 3.05) is 0 Å². The van der Waals surface area contributed by atoms with Crippen molar-refractivity contribution < 1.29 is 0 Å². The highest BCUT2D eigenvalue weighted by Crippen LogP contribution is 2.43. The topological polar surface area (TPSA) is 0 Å². The lowest BCUT2D eigenvalue weighted by molar-refractivity contribution is 0.105. The third-order valence-electron chi connectivity index (χ3n) is 7.01. The lowest BCUT2D eigenvalue weighted by atomic mass is 9.66. The van der Waals surface area contributed by atoms with Crippen molar-refractivity contribution in [2.24, 2.45) is 23.2 Å². The summed E-state index contributed by atoms with van der Waals surface area (Å²) < 4.78 is 0. The molecule has 0 saturated heterocycles. The Morgan fingerprint density at radius 2 is 1.50 bits per heavy atom. The molecule has 1 saturated carbocycles. The van der Waals surface area contributed by atoms with E-state index in [-0.39, 0.29) is 0 Å². The number of unbranched alkanes of at least 4 members (excludes halogenated alkanes) is 1. The molecule has 1 aliphatic carbocycles. The van der Waals surface area contributed by atoms with E-state index in [1.165, 1.54) is 83.5 Å². The zero-order valence-electron chi connectivity index (χ0n) is 16.4. The first-order valence-electron chi connectivity index (χ1n) is 10.5. The van der Waals surface area contributed by atoms with Gasteiger partial charge >= 0.3 is 0 Å². The van der Waals surface area contributed by atoms with E-state index in [0.29, 0.717) is 5.41 Å². The lowest BCUT2D eigenvalue weighted by Gasteiger charge is -2.40. The van der Waals surface area contributed by atoms with Gasteiger partial charge in [0.15, 0.2) is 0 Å². The molecule has 0 aliphatic heterocycles. The molecule has 0 aromatic rings. The van der Waals surface area contributed by atoms with E-state index in [1.807, 2.05) is 0 Å². The predicted octanol–water partition coefficient (Wildman–Crippen LogP) is 8.01. The number of hydrogen-bond donors (Lipinski definition) is 0. The molecule has 0 bridgehead atoms. The summed E-state index contributed by atoms with van der Waals surface area (Å²) in [5.74, 6) is 2.81. The molecule has 1 rings (SSSR count). The average Bonchev–Trinajstić information content (AvgIpc) is 2.53. The van der Waals surface area contributed by atoms with E-state index in [0.717, 1.165) is 17.8 Å². The summed E-state index contributed by atoms with van der Waals surface area (Å²) in [5.41, 5.74) is 0.588. The second kappa shape index (κ2) is 10.7. The van der Waals surface area contributed by atoms with Gasteiger partial charge in [-0.2, -0.15) is 0 Å². The van der Waals surface area contributed by atoms with Crippen LogP contribution in [0.25, 0.3) is 0 Å². The Kier molecular flexibility index (Phi) is 9.76. The monoisotopic (exact) mass is 308 g/mol. The van der Waals surface area contributed by atoms with Crippen LogP contribution in [0.5, 0.6) is 0 Å². The maximum absolute atomic E-state index is 2.61. The van der Waals surface area contributed by atoms with E-state index in [4.69, 9.17) is 0 Å². The molecule has 22 heavy (non-hydrogen) atoms. The molecule has 0 N–H and O–H groups in total. The van der Waals surface area contributed by atoms with Crippen LogP contribution in [0.1, 0.15) is 118 Å². The fourth-order valence-electron chi connectivity index (χ4n) is 4.69. The summed E-state index contributed by atoms with van der Waals surface area (Å²) in [6.07, 6.45) is 18.9. The van der Waals surface area contributed by atoms with Crippen LogP contribution in [-0.4, -0.2) is 0 Å². The summed E-state index contributed by atoms with van der Waals surface area (Å²) in [5, 5.41) is 0. The van der Waals surface area contributed by atoms with Crippen LogP contribution in [0.4, 0.5) is 0 Å². The Bertz CT molecular complexity index is 269. The first-order chi connectivity index (χ1) is 10.5. The molecule has 0 nitrogen and oxygen atoms in total. The van der Waals surface area contributed by atoms with Crippen LogP contribution in [-0.2, 0) is 0 Å². The Morgan fingerprint density at radius 1 is 0.864 bits per heavy atom. The van der Waals surface area contributed by atoms with Crippen LogP contribution in [0.2, 0.25) is 0 Å². The molecule has 0 radical (unpaired) electrons. The molecule has 0 heteroatoms. The Hall–Kier alpha value is 0. The molecular formula is C22H44. The van der Waals surface area contributed by atoms with Gasteiger partial charge < -0.3 is 0 Å². The molecule has 0 spiro atoms. The molecule has 1 fully saturated rings. The molecule has 1 aliphatic rings. The van der Waals surface area contributed by atoms with E-state index in [2.05, 4.69) is 34.6 Å². The second-order valence-corrected chi connectivity index (χ2v) is 8.68. The van der Waals surface area contributed by atoms with Crippen LogP contribution < -0.4 is 0 Å². The summed E-state index contributed by atoms with van der Waals surface area (Å²) in [6, 6.07) is 0. The van der Waals surface area contributed by atoms with E-state index in [9.17, 15) is 0 Å². The Morgan fingerprint density at radius 3 is 2.14 bits per heavy atom. The Labute approximate surface area is 141 Å². The van der Waals surface area contributed by atoms with Gasteiger partial charge in [-0.05, 0) is 36.0 Å². The molecule has 0 aromatic heterocycles. The lowest BCUT2D eigenvalue weighted by Crippen LogP contribution is -2.30. The van der Waals surface area contributed by atoms with E-state index >= 15 is 0 Å². The first kappa shape index (κ1) is 20.0. The minimum atomic E-state index is 0.588. The summed E-state index contributed by atoms with van der Waals surface area (Å²) >= 11 is 0. The summed E-state index contributed by atoms with van der Waals surface area (Å²) in [7, 11) is 0. The normalized spacial score (nSPS) is 36.1. The van der Waals surface area contributed by atoms with Crippen LogP contribution in [0, 0.1) is 23.2 Å². The molecule has 132 valence electrons. The molecular weight excluding hydrogens is 264 g/mol. The molecule has 0 heterocycles. The maximum Gasteiger partial charge on any atom is -0.0298 e. The zero-order chi connectivity index (χ0) is 16.4. The van der Waals surface area contributed by atoms with Crippen molar-refractivity contribution in [1.29, 1.82) is 0 Å². The van der Waals surface area contributed by atoms with Gasteiger partial charge in [0.05, 0.1) is 0 Å². The molecule has 4 atom stereocenters. The van der Waals surface area contributed by atoms with E-state index < -0.39 is 0 Å². The van der Waals surface area contributed by atoms with Gasteiger partial charge in [0.2, 0.25) is 0 Å². The average molecular weight is 309 g/mol. The number of hydrogen-bond acceptors (Lipinski definition) is 0. The van der Waals surface area contributed by atoms with Crippen LogP contribution in [0.15, 0.2) is 0 Å². The van der Waals surface area contributed by atoms with Gasteiger partial charge in [-0.3, -0.25) is 0 Å². The quantitative estimate of drug-likeness (QED) is 0.493. The summed E-state index contributed by atoms with van der Waals surface area (Å²) in [4.78, 5) is 0. The molecule has 0 aromatic carbocycles. The predicted molar refractivity (Wildman–Crippen MR) is 101 cm³/mol. The van der Waals surface area contributed by atoms with Crippen molar-refractivity contribution in [3.8, 4) is 0 Å². The maximum atomic E-state index is 2.61. The van der Waals surface area contributed by atoms with Crippen molar-refractivity contribution in [3.63, 3.8) is 0 Å². The Balaban J connectivity index is 2.69. The van der Waals surface area contributed by atoms with Crippen molar-refractivity contribution in [2.45, 2.75) is 118 Å². The van der Waals surface area contributed by atoms with Crippen LogP contribution >= 0.6 is 0 Å². The van der Waals surface area contributed by atoms with Crippen molar-refractivity contribution in [3.05, 3.63) is 0 Å². The second-order valence-electron chi connectivity index (χ2n) is 8.68. The molecule has 4 unspecified atom stereocenters. The van der Waals surface area contributed by atoms with Gasteiger partial charge in [0.25, 0.3) is 0 Å². The van der Waals surface area contributed by atoms with Gasteiger partial charge in [-0.15, -0.1) is 0 Å². The highest BCUT2D eigenvalue weighted by Gasteiger charge is 2.33. The van der Waals surface area contributed by atoms with Crippen LogP contribution in [0.3, 0.4) is 0 Å². The largest absolute Gasteiger partial charge is 0.0654 e. The zero-order valence-corrected chi connectivity index (χ0v) is 16.4. The SMILES string of the molecule is CCCCC1(C)CCCCC(CC)CCCCCC(C)C1C. The first-order valence-corrected chi connectivity index (χ1v) is 10.5. The minimum absolute atomic E-state index is 0.588. The van der Waals surface area contributed by atoms with Crippen molar-refractivity contribution in [1.82, 2.24) is 0 Å². The minimum Gasteiger partial charge on any atom is -0.0654 e. The highest BCUT2D eigenvalue weighted by molar-refractivity contribution is 4.83.